The van der Waals surface area contributed by atoms with Crippen LogP contribution in [0.3, 0.4) is 0 Å². The number of halogens is 1. The summed E-state index contributed by atoms with van der Waals surface area (Å²) >= 11 is 0. The van der Waals surface area contributed by atoms with Crippen molar-refractivity contribution in [1.29, 1.82) is 0 Å². The van der Waals surface area contributed by atoms with Crippen LogP contribution in [0.1, 0.15) is 0 Å². The fourth-order valence-electron chi connectivity index (χ4n) is 3.28. The minimum absolute atomic E-state index is 0.0640. The van der Waals surface area contributed by atoms with Crippen LogP contribution in [0.15, 0.2) is 53.4 Å². The second-order valence-electron chi connectivity index (χ2n) is 7.64. The predicted octanol–water partition coefficient (Wildman–Crippen LogP) is 1.48. The number of primary amides is 1. The summed E-state index contributed by atoms with van der Waals surface area (Å²) < 4.78 is 51.1. The monoisotopic (exact) mass is 494 g/mol. The van der Waals surface area contributed by atoms with Crippen LogP contribution in [0.5, 0.6) is 11.5 Å². The minimum atomic E-state index is -4.08. The summed E-state index contributed by atoms with van der Waals surface area (Å²) in [4.78, 5) is 27.1. The maximum Gasteiger partial charge on any atom is 0.319 e. The molecule has 1 heterocycles. The molecular formula is C22H27FN4O6S. The van der Waals surface area contributed by atoms with Gasteiger partial charge in [0.05, 0.1) is 24.7 Å². The molecule has 0 spiro atoms. The van der Waals surface area contributed by atoms with Crippen molar-refractivity contribution in [3.8, 4) is 11.5 Å². The van der Waals surface area contributed by atoms with Crippen molar-refractivity contribution >= 4 is 22.0 Å². The molecular weight excluding hydrogens is 467 g/mol. The summed E-state index contributed by atoms with van der Waals surface area (Å²) in [5, 5.41) is 0. The van der Waals surface area contributed by atoms with E-state index in [1.54, 1.807) is 11.9 Å². The van der Waals surface area contributed by atoms with Gasteiger partial charge in [-0.3, -0.25) is 4.79 Å². The van der Waals surface area contributed by atoms with E-state index in [9.17, 15) is 22.4 Å². The average molecular weight is 495 g/mol. The molecule has 1 saturated heterocycles. The molecule has 3 amide bonds. The number of nitrogens with zero attached hydrogens (tertiary/aromatic N) is 3. The maximum absolute atomic E-state index is 13.2. The summed E-state index contributed by atoms with van der Waals surface area (Å²) in [6, 6.07) is 10.7. The number of benzene rings is 2. The number of nitrogens with two attached hydrogens (primary N) is 1. The Bertz CT molecular complexity index is 1090. The molecule has 0 radical (unpaired) electrons. The fraction of sp³-hybridized carbons (Fsp3) is 0.364. The van der Waals surface area contributed by atoms with E-state index >= 15 is 0 Å². The molecule has 3 rings (SSSR count). The first-order valence-electron chi connectivity index (χ1n) is 10.6. The molecule has 34 heavy (non-hydrogen) atoms. The van der Waals surface area contributed by atoms with Gasteiger partial charge >= 0.3 is 6.03 Å². The number of urea groups is 1. The first kappa shape index (κ1) is 25.4. The predicted molar refractivity (Wildman–Crippen MR) is 121 cm³/mol. The molecule has 0 unspecified atom stereocenters. The first-order chi connectivity index (χ1) is 16.2. The second-order valence-corrected chi connectivity index (χ2v) is 9.57. The number of morpholine rings is 1. The van der Waals surface area contributed by atoms with E-state index in [0.717, 1.165) is 4.31 Å². The van der Waals surface area contributed by atoms with Crippen LogP contribution in [0.4, 0.5) is 9.18 Å². The van der Waals surface area contributed by atoms with E-state index in [1.807, 2.05) is 0 Å². The third-order valence-electron chi connectivity index (χ3n) is 5.14. The number of amides is 3. The summed E-state index contributed by atoms with van der Waals surface area (Å²) in [5.41, 5.74) is 5.28. The van der Waals surface area contributed by atoms with Crippen LogP contribution in [0.2, 0.25) is 0 Å². The molecule has 0 aromatic heterocycles. The van der Waals surface area contributed by atoms with Gasteiger partial charge in [0.15, 0.2) is 0 Å². The SMILES string of the molecule is CN(CCN(CC(N)=O)S(=O)(=O)c1ccc(Oc2ccc(F)cc2)cc1)C(=O)N1CCOCC1. The Morgan fingerprint density at radius 2 is 1.59 bits per heavy atom. The lowest BCUT2D eigenvalue weighted by Gasteiger charge is -2.32. The Kier molecular flexibility index (Phi) is 8.42. The number of sulfonamides is 1. The Balaban J connectivity index is 1.68. The number of rotatable bonds is 9. The zero-order valence-corrected chi connectivity index (χ0v) is 19.5. The van der Waals surface area contributed by atoms with E-state index < -0.39 is 28.3 Å². The fourth-order valence-corrected chi connectivity index (χ4v) is 4.68. The highest BCUT2D eigenvalue weighted by Crippen LogP contribution is 2.24. The van der Waals surface area contributed by atoms with Crippen LogP contribution < -0.4 is 10.5 Å². The molecule has 0 atom stereocenters. The first-order valence-corrected chi connectivity index (χ1v) is 12.0. The lowest BCUT2D eigenvalue weighted by Crippen LogP contribution is -2.49. The van der Waals surface area contributed by atoms with Crippen LogP contribution in [0, 0.1) is 5.82 Å². The van der Waals surface area contributed by atoms with Gasteiger partial charge in [-0.25, -0.2) is 17.6 Å². The highest BCUT2D eigenvalue weighted by Gasteiger charge is 2.28. The van der Waals surface area contributed by atoms with Crippen LogP contribution in [-0.4, -0.2) is 87.4 Å². The Hall–Kier alpha value is -3.22. The van der Waals surface area contributed by atoms with E-state index in [0.29, 0.717) is 37.8 Å². The highest BCUT2D eigenvalue weighted by atomic mass is 32.2. The standard InChI is InChI=1S/C22H27FN4O6S/c1-25(22(29)26-12-14-32-15-13-26)10-11-27(16-21(24)28)34(30,31)20-8-6-19(7-9-20)33-18-4-2-17(23)3-5-18/h2-9H,10-16H2,1H3,(H2,24,28). The van der Waals surface area contributed by atoms with Gasteiger partial charge in [-0.05, 0) is 48.5 Å². The molecule has 1 fully saturated rings. The molecule has 10 nitrogen and oxygen atoms in total. The highest BCUT2D eigenvalue weighted by molar-refractivity contribution is 7.89. The lowest BCUT2D eigenvalue weighted by molar-refractivity contribution is -0.118. The average Bonchev–Trinajstić information content (AvgIpc) is 2.83. The molecule has 2 aromatic rings. The second kappa shape index (κ2) is 11.3. The van der Waals surface area contributed by atoms with Crippen molar-refractivity contribution in [3.05, 3.63) is 54.3 Å². The largest absolute Gasteiger partial charge is 0.457 e. The molecule has 12 heteroatoms. The number of hydrogen-bond donors (Lipinski definition) is 1. The van der Waals surface area contributed by atoms with Crippen molar-refractivity contribution in [2.75, 3.05) is 53.0 Å². The zero-order valence-electron chi connectivity index (χ0n) is 18.7. The molecule has 1 aliphatic rings. The van der Waals surface area contributed by atoms with Crippen LogP contribution >= 0.6 is 0 Å². The number of ether oxygens (including phenoxy) is 2. The van der Waals surface area contributed by atoms with Crippen molar-refractivity contribution in [2.24, 2.45) is 5.73 Å². The molecule has 2 N–H and O–H groups in total. The Morgan fingerprint density at radius 3 is 2.15 bits per heavy atom. The van der Waals surface area contributed by atoms with Crippen LogP contribution in [-0.2, 0) is 19.6 Å². The lowest BCUT2D eigenvalue weighted by atomic mass is 10.3. The number of likely N-dealkylation sites (N-methyl/N-ethyl adjacent to an activating group) is 1. The third kappa shape index (κ3) is 6.65. The molecule has 0 saturated carbocycles. The molecule has 184 valence electrons. The quantitative estimate of drug-likeness (QED) is 0.563. The maximum atomic E-state index is 13.2. The van der Waals surface area contributed by atoms with Crippen molar-refractivity contribution in [3.63, 3.8) is 0 Å². The van der Waals surface area contributed by atoms with Crippen molar-refractivity contribution < 1.29 is 31.9 Å². The smallest absolute Gasteiger partial charge is 0.319 e. The number of carbonyl (C=O) groups excluding carboxylic acids is 2. The molecule has 1 aliphatic heterocycles. The number of hydrogen-bond acceptors (Lipinski definition) is 6. The van der Waals surface area contributed by atoms with E-state index in [-0.39, 0.29) is 24.0 Å². The van der Waals surface area contributed by atoms with Gasteiger partial charge in [-0.15, -0.1) is 0 Å². The van der Waals surface area contributed by atoms with Crippen molar-refractivity contribution in [1.82, 2.24) is 14.1 Å². The number of carbonyl (C=O) groups is 2. The van der Waals surface area contributed by atoms with E-state index in [1.165, 1.54) is 53.4 Å². The Morgan fingerprint density at radius 1 is 1.03 bits per heavy atom. The summed E-state index contributed by atoms with van der Waals surface area (Å²) in [7, 11) is -2.52. The van der Waals surface area contributed by atoms with Gasteiger partial charge in [0.2, 0.25) is 15.9 Å². The van der Waals surface area contributed by atoms with Gasteiger partial charge in [0.1, 0.15) is 17.3 Å². The van der Waals surface area contributed by atoms with Gasteiger partial charge in [-0.2, -0.15) is 4.31 Å². The normalized spacial score (nSPS) is 14.1. The van der Waals surface area contributed by atoms with Gasteiger partial charge in [0.25, 0.3) is 0 Å². The van der Waals surface area contributed by atoms with Gasteiger partial charge in [-0.1, -0.05) is 0 Å². The summed E-state index contributed by atoms with van der Waals surface area (Å²) in [6.07, 6.45) is 0. The van der Waals surface area contributed by atoms with E-state index in [4.69, 9.17) is 15.2 Å². The summed E-state index contributed by atoms with van der Waals surface area (Å²) in [6.45, 7) is 1.22. The molecule has 2 aromatic carbocycles. The molecule has 0 aliphatic carbocycles. The van der Waals surface area contributed by atoms with Gasteiger partial charge < -0.3 is 25.0 Å². The van der Waals surface area contributed by atoms with Crippen molar-refractivity contribution in [2.45, 2.75) is 4.90 Å². The summed E-state index contributed by atoms with van der Waals surface area (Å²) in [5.74, 6) is -0.481. The Labute approximate surface area is 197 Å². The third-order valence-corrected chi connectivity index (χ3v) is 7.00. The zero-order chi connectivity index (χ0) is 24.7. The van der Waals surface area contributed by atoms with Crippen LogP contribution in [0.25, 0.3) is 0 Å². The topological polar surface area (TPSA) is 122 Å². The van der Waals surface area contributed by atoms with Gasteiger partial charge in [0, 0.05) is 33.2 Å². The minimum Gasteiger partial charge on any atom is -0.457 e. The van der Waals surface area contributed by atoms with E-state index in [2.05, 4.69) is 0 Å². The molecule has 0 bridgehead atoms.